The highest BCUT2D eigenvalue weighted by Crippen LogP contribution is 2.11. The van der Waals surface area contributed by atoms with Crippen LogP contribution in [-0.4, -0.2) is 65.3 Å². The molecule has 0 atom stereocenters. The number of aliphatic hydroxyl groups excluding tert-OH is 1. The van der Waals surface area contributed by atoms with E-state index in [1.165, 1.54) is 0 Å². The number of anilines is 1. The summed E-state index contributed by atoms with van der Waals surface area (Å²) < 4.78 is 0.739. The molecule has 1 aliphatic rings. The minimum absolute atomic E-state index is 0.104. The third-order valence-electron chi connectivity index (χ3n) is 3.05. The molecule has 0 aliphatic carbocycles. The minimum Gasteiger partial charge on any atom is -0.395 e. The number of hydrogen-bond donors (Lipinski definition) is 2. The molecule has 0 radical (unpaired) electrons. The molecular weight excluding hydrogens is 312 g/mol. The monoisotopic (exact) mass is 328 g/mol. The molecule has 2 N–H and O–H groups in total. The Labute approximate surface area is 120 Å². The molecule has 104 valence electrons. The van der Waals surface area contributed by atoms with Crippen molar-refractivity contribution >= 4 is 27.6 Å². The fourth-order valence-electron chi connectivity index (χ4n) is 1.97. The van der Waals surface area contributed by atoms with Crippen molar-refractivity contribution in [3.05, 3.63) is 22.9 Å². The van der Waals surface area contributed by atoms with Gasteiger partial charge in [0.15, 0.2) is 0 Å². The van der Waals surface area contributed by atoms with Gasteiger partial charge in [0.25, 0.3) is 0 Å². The lowest BCUT2D eigenvalue weighted by atomic mass is 10.3. The van der Waals surface area contributed by atoms with E-state index < -0.39 is 0 Å². The number of halogens is 1. The number of aromatic nitrogens is 1. The van der Waals surface area contributed by atoms with Crippen LogP contribution in [-0.2, 0) is 0 Å². The summed E-state index contributed by atoms with van der Waals surface area (Å²) >= 11 is 3.25. The van der Waals surface area contributed by atoms with Gasteiger partial charge in [-0.05, 0) is 28.1 Å². The number of nitrogens with zero attached hydrogens (tertiary/aromatic N) is 3. The molecule has 0 saturated carbocycles. The molecule has 0 aromatic carbocycles. The molecular formula is C12H17BrN4O2. The number of pyridine rings is 1. The number of hydrogen-bond acceptors (Lipinski definition) is 4. The number of nitrogens with one attached hydrogen (secondary N) is 1. The van der Waals surface area contributed by atoms with Crippen LogP contribution in [0.4, 0.5) is 10.5 Å². The number of amides is 2. The van der Waals surface area contributed by atoms with Gasteiger partial charge in [-0.1, -0.05) is 0 Å². The van der Waals surface area contributed by atoms with Crippen LogP contribution in [0.3, 0.4) is 0 Å². The predicted molar refractivity (Wildman–Crippen MR) is 76.1 cm³/mol. The van der Waals surface area contributed by atoms with Gasteiger partial charge in [0, 0.05) is 32.7 Å². The summed E-state index contributed by atoms with van der Waals surface area (Å²) in [5.74, 6) is 0. The number of β-amino-alcohol motifs (C(OH)–C–C–N with tert-alkyl or cyclic N) is 1. The molecule has 0 spiro atoms. The van der Waals surface area contributed by atoms with Crippen molar-refractivity contribution in [3.63, 3.8) is 0 Å². The van der Waals surface area contributed by atoms with E-state index in [2.05, 4.69) is 31.1 Å². The van der Waals surface area contributed by atoms with Crippen molar-refractivity contribution in [1.82, 2.24) is 14.8 Å². The maximum atomic E-state index is 12.0. The maximum absolute atomic E-state index is 12.0. The summed E-state index contributed by atoms with van der Waals surface area (Å²) in [5.41, 5.74) is 0.686. The number of carbonyl (C=O) groups excluding carboxylic acids is 1. The molecule has 0 bridgehead atoms. The fourth-order valence-corrected chi connectivity index (χ4v) is 2.20. The third kappa shape index (κ3) is 4.15. The average molecular weight is 329 g/mol. The Balaban J connectivity index is 1.83. The minimum atomic E-state index is -0.104. The lowest BCUT2D eigenvalue weighted by Gasteiger charge is -2.34. The van der Waals surface area contributed by atoms with Crippen molar-refractivity contribution < 1.29 is 9.90 Å². The zero-order valence-electron chi connectivity index (χ0n) is 10.5. The molecule has 1 aromatic rings. The first-order valence-corrected chi connectivity index (χ1v) is 6.99. The zero-order valence-corrected chi connectivity index (χ0v) is 12.1. The number of rotatable bonds is 3. The van der Waals surface area contributed by atoms with Crippen LogP contribution < -0.4 is 5.32 Å². The lowest BCUT2D eigenvalue weighted by molar-refractivity contribution is 0.127. The first-order chi connectivity index (χ1) is 9.19. The zero-order chi connectivity index (χ0) is 13.7. The van der Waals surface area contributed by atoms with Crippen LogP contribution in [0.25, 0.3) is 0 Å². The van der Waals surface area contributed by atoms with Gasteiger partial charge in [0.05, 0.1) is 18.5 Å². The number of carbonyl (C=O) groups is 1. The molecule has 2 heterocycles. The van der Waals surface area contributed by atoms with Crippen LogP contribution in [0.1, 0.15) is 0 Å². The van der Waals surface area contributed by atoms with Gasteiger partial charge in [0.2, 0.25) is 0 Å². The Morgan fingerprint density at radius 3 is 2.68 bits per heavy atom. The number of piperazine rings is 1. The molecule has 1 saturated heterocycles. The molecule has 7 heteroatoms. The Kier molecular flexibility index (Phi) is 5.12. The number of aliphatic hydroxyl groups is 1. The normalized spacial score (nSPS) is 16.4. The Bertz CT molecular complexity index is 418. The standard InChI is InChI=1S/C12H17BrN4O2/c13-11-2-1-10(9-14-11)15-12(19)17-5-3-16(4-6-17)7-8-18/h1-2,9,18H,3-8H2,(H,15,19). The second-order valence-electron chi connectivity index (χ2n) is 4.35. The summed E-state index contributed by atoms with van der Waals surface area (Å²) in [5, 5.41) is 11.7. The van der Waals surface area contributed by atoms with Crippen LogP contribution in [0.2, 0.25) is 0 Å². The predicted octanol–water partition coefficient (Wildman–Crippen LogP) is 0.986. The van der Waals surface area contributed by atoms with Crippen LogP contribution in [0, 0.1) is 0 Å². The summed E-state index contributed by atoms with van der Waals surface area (Å²) in [7, 11) is 0. The van der Waals surface area contributed by atoms with E-state index in [-0.39, 0.29) is 12.6 Å². The summed E-state index contributed by atoms with van der Waals surface area (Å²) in [6.45, 7) is 3.79. The molecule has 1 aromatic heterocycles. The second-order valence-corrected chi connectivity index (χ2v) is 5.16. The maximum Gasteiger partial charge on any atom is 0.321 e. The molecule has 19 heavy (non-hydrogen) atoms. The van der Waals surface area contributed by atoms with Gasteiger partial charge < -0.3 is 15.3 Å². The van der Waals surface area contributed by atoms with Crippen molar-refractivity contribution in [2.75, 3.05) is 44.6 Å². The molecule has 6 nitrogen and oxygen atoms in total. The van der Waals surface area contributed by atoms with Crippen LogP contribution in [0.5, 0.6) is 0 Å². The van der Waals surface area contributed by atoms with Gasteiger partial charge >= 0.3 is 6.03 Å². The molecule has 1 aliphatic heterocycles. The van der Waals surface area contributed by atoms with Gasteiger partial charge in [-0.15, -0.1) is 0 Å². The highest BCUT2D eigenvalue weighted by molar-refractivity contribution is 9.10. The fraction of sp³-hybridized carbons (Fsp3) is 0.500. The summed E-state index contributed by atoms with van der Waals surface area (Å²) in [6, 6.07) is 3.49. The van der Waals surface area contributed by atoms with E-state index in [9.17, 15) is 4.79 Å². The molecule has 1 fully saturated rings. The van der Waals surface area contributed by atoms with E-state index in [0.29, 0.717) is 25.3 Å². The van der Waals surface area contributed by atoms with Gasteiger partial charge in [-0.2, -0.15) is 0 Å². The Hall–Kier alpha value is -1.18. The Morgan fingerprint density at radius 1 is 1.37 bits per heavy atom. The van der Waals surface area contributed by atoms with Crippen LogP contribution in [0.15, 0.2) is 22.9 Å². The van der Waals surface area contributed by atoms with E-state index >= 15 is 0 Å². The van der Waals surface area contributed by atoms with E-state index in [1.807, 2.05) is 0 Å². The van der Waals surface area contributed by atoms with Crippen molar-refractivity contribution in [3.8, 4) is 0 Å². The van der Waals surface area contributed by atoms with E-state index in [0.717, 1.165) is 17.7 Å². The van der Waals surface area contributed by atoms with Gasteiger partial charge in [-0.3, -0.25) is 4.90 Å². The quantitative estimate of drug-likeness (QED) is 0.812. The lowest BCUT2D eigenvalue weighted by Crippen LogP contribution is -2.50. The van der Waals surface area contributed by atoms with E-state index in [1.54, 1.807) is 23.2 Å². The van der Waals surface area contributed by atoms with Gasteiger partial charge in [0.1, 0.15) is 4.60 Å². The van der Waals surface area contributed by atoms with Crippen molar-refractivity contribution in [1.29, 1.82) is 0 Å². The Morgan fingerprint density at radius 2 is 2.11 bits per heavy atom. The molecule has 2 rings (SSSR count). The molecule has 2 amide bonds. The van der Waals surface area contributed by atoms with Gasteiger partial charge in [-0.25, -0.2) is 9.78 Å². The van der Waals surface area contributed by atoms with Crippen molar-refractivity contribution in [2.45, 2.75) is 0 Å². The third-order valence-corrected chi connectivity index (χ3v) is 3.52. The average Bonchev–Trinajstić information content (AvgIpc) is 2.42. The number of urea groups is 1. The topological polar surface area (TPSA) is 68.7 Å². The smallest absolute Gasteiger partial charge is 0.321 e. The highest BCUT2D eigenvalue weighted by atomic mass is 79.9. The first kappa shape index (κ1) is 14.2. The highest BCUT2D eigenvalue weighted by Gasteiger charge is 2.20. The second kappa shape index (κ2) is 6.83. The largest absolute Gasteiger partial charge is 0.395 e. The molecule has 0 unspecified atom stereocenters. The summed E-state index contributed by atoms with van der Waals surface area (Å²) in [6.07, 6.45) is 1.62. The van der Waals surface area contributed by atoms with Crippen molar-refractivity contribution in [2.24, 2.45) is 0 Å². The SMILES string of the molecule is O=C(Nc1ccc(Br)nc1)N1CCN(CCO)CC1. The first-order valence-electron chi connectivity index (χ1n) is 6.20. The van der Waals surface area contributed by atoms with Crippen LogP contribution >= 0.6 is 15.9 Å². The summed E-state index contributed by atoms with van der Waals surface area (Å²) in [4.78, 5) is 20.0. The van der Waals surface area contributed by atoms with E-state index in [4.69, 9.17) is 5.11 Å².